The van der Waals surface area contributed by atoms with Crippen LogP contribution in [0.5, 0.6) is 5.75 Å². The summed E-state index contributed by atoms with van der Waals surface area (Å²) in [7, 11) is 0. The summed E-state index contributed by atoms with van der Waals surface area (Å²) in [6, 6.07) is 29.8. The molecular formula is C31H20N2O4. The van der Waals surface area contributed by atoms with E-state index in [0.717, 1.165) is 11.1 Å². The van der Waals surface area contributed by atoms with Crippen LogP contribution in [0.3, 0.4) is 0 Å². The van der Waals surface area contributed by atoms with Gasteiger partial charge in [0.05, 0.1) is 16.8 Å². The number of hydrogen-bond donors (Lipinski definition) is 3. The van der Waals surface area contributed by atoms with Gasteiger partial charge in [0, 0.05) is 16.8 Å². The van der Waals surface area contributed by atoms with E-state index in [1.165, 1.54) is 6.07 Å². The molecule has 5 aromatic carbocycles. The van der Waals surface area contributed by atoms with Gasteiger partial charge in [-0.05, 0) is 64.4 Å². The Hall–Kier alpha value is -5.23. The maximum absolute atomic E-state index is 13.2. The molecule has 0 saturated heterocycles. The normalized spacial score (nSPS) is 11.6. The highest BCUT2D eigenvalue weighted by atomic mass is 16.3. The van der Waals surface area contributed by atoms with Crippen molar-refractivity contribution in [1.29, 1.82) is 0 Å². The molecule has 0 atom stereocenters. The zero-order chi connectivity index (χ0) is 25.5. The lowest BCUT2D eigenvalue weighted by molar-refractivity contribution is 0.101. The van der Waals surface area contributed by atoms with Crippen molar-refractivity contribution in [3.63, 3.8) is 0 Å². The molecule has 0 aromatic heterocycles. The number of carbonyl (C=O) groups excluding carboxylic acids is 3. The average Bonchev–Trinajstić information content (AvgIpc) is 3.21. The fourth-order valence-electron chi connectivity index (χ4n) is 4.70. The van der Waals surface area contributed by atoms with Gasteiger partial charge in [-0.3, -0.25) is 14.4 Å². The van der Waals surface area contributed by atoms with Crippen molar-refractivity contribution >= 4 is 39.7 Å². The number of benzene rings is 5. The van der Waals surface area contributed by atoms with Gasteiger partial charge in [0.25, 0.3) is 11.8 Å². The van der Waals surface area contributed by atoms with Crippen molar-refractivity contribution in [3.05, 3.63) is 125 Å². The molecular weight excluding hydrogens is 464 g/mol. The van der Waals surface area contributed by atoms with Crippen molar-refractivity contribution < 1.29 is 19.5 Å². The van der Waals surface area contributed by atoms with Crippen molar-refractivity contribution in [2.24, 2.45) is 0 Å². The molecule has 0 bridgehead atoms. The molecule has 0 fully saturated rings. The predicted molar refractivity (Wildman–Crippen MR) is 143 cm³/mol. The number of nitrogens with one attached hydrogen (secondary N) is 2. The lowest BCUT2D eigenvalue weighted by Crippen LogP contribution is -2.14. The Bertz CT molecular complexity index is 1740. The molecule has 6 rings (SSSR count). The van der Waals surface area contributed by atoms with E-state index in [1.54, 1.807) is 60.7 Å². The first-order valence-electron chi connectivity index (χ1n) is 11.7. The van der Waals surface area contributed by atoms with Crippen LogP contribution in [0.25, 0.3) is 21.9 Å². The average molecular weight is 485 g/mol. The third kappa shape index (κ3) is 3.90. The zero-order valence-corrected chi connectivity index (χ0v) is 19.5. The molecule has 5 aromatic rings. The number of fused-ring (bicyclic) bond motifs is 4. The first-order valence-corrected chi connectivity index (χ1v) is 11.7. The molecule has 0 spiro atoms. The van der Waals surface area contributed by atoms with E-state index in [-0.39, 0.29) is 23.0 Å². The number of hydrogen-bond acceptors (Lipinski definition) is 4. The summed E-state index contributed by atoms with van der Waals surface area (Å²) in [5.41, 5.74) is 4.23. The van der Waals surface area contributed by atoms with Crippen molar-refractivity contribution in [1.82, 2.24) is 0 Å². The van der Waals surface area contributed by atoms with E-state index in [2.05, 4.69) is 10.6 Å². The summed E-state index contributed by atoms with van der Waals surface area (Å²) in [4.78, 5) is 39.1. The number of amides is 2. The van der Waals surface area contributed by atoms with E-state index < -0.39 is 5.91 Å². The molecule has 2 amide bonds. The number of anilines is 2. The first-order chi connectivity index (χ1) is 18.0. The highest BCUT2D eigenvalue weighted by Gasteiger charge is 2.29. The highest BCUT2D eigenvalue weighted by molar-refractivity contribution is 6.25. The Labute approximate surface area is 212 Å². The fourth-order valence-corrected chi connectivity index (χ4v) is 4.70. The van der Waals surface area contributed by atoms with Crippen LogP contribution in [0.2, 0.25) is 0 Å². The molecule has 1 aliphatic rings. The number of para-hydroxylation sites is 1. The predicted octanol–water partition coefficient (Wildman–Crippen LogP) is 6.26. The quantitative estimate of drug-likeness (QED) is 0.275. The van der Waals surface area contributed by atoms with Crippen LogP contribution in [0, 0.1) is 0 Å². The lowest BCUT2D eigenvalue weighted by atomic mass is 10.0. The number of rotatable bonds is 4. The minimum absolute atomic E-state index is 0.0955. The molecule has 0 aliphatic heterocycles. The minimum Gasteiger partial charge on any atom is -0.507 e. The van der Waals surface area contributed by atoms with Gasteiger partial charge in [0.15, 0.2) is 5.78 Å². The van der Waals surface area contributed by atoms with Gasteiger partial charge in [-0.25, -0.2) is 0 Å². The van der Waals surface area contributed by atoms with E-state index in [9.17, 15) is 19.5 Å². The SMILES string of the molecule is O=C(Nc1cccc2c1C(=O)c1ccccc1-2)c1ccc2cc(O)c(C(=O)Nc3ccccc3)cc2c1. The van der Waals surface area contributed by atoms with E-state index in [1.807, 2.05) is 36.4 Å². The summed E-state index contributed by atoms with van der Waals surface area (Å²) >= 11 is 0. The molecule has 0 saturated carbocycles. The summed E-state index contributed by atoms with van der Waals surface area (Å²) < 4.78 is 0. The Morgan fingerprint density at radius 3 is 2.16 bits per heavy atom. The molecule has 6 heteroatoms. The van der Waals surface area contributed by atoms with E-state index >= 15 is 0 Å². The number of phenols is 1. The third-order valence-electron chi connectivity index (χ3n) is 6.49. The number of carbonyl (C=O) groups is 3. The minimum atomic E-state index is -0.460. The summed E-state index contributed by atoms with van der Waals surface area (Å²) in [6.45, 7) is 0. The molecule has 3 N–H and O–H groups in total. The van der Waals surface area contributed by atoms with Gasteiger partial charge in [0.1, 0.15) is 5.75 Å². The molecule has 178 valence electrons. The summed E-state index contributed by atoms with van der Waals surface area (Å²) in [5.74, 6) is -1.12. The van der Waals surface area contributed by atoms with Crippen molar-refractivity contribution in [2.45, 2.75) is 0 Å². The summed E-state index contributed by atoms with van der Waals surface area (Å²) in [5, 5.41) is 17.4. The molecule has 1 aliphatic carbocycles. The Kier molecular flexibility index (Phi) is 5.27. The number of aromatic hydroxyl groups is 1. The molecule has 0 radical (unpaired) electrons. The van der Waals surface area contributed by atoms with Gasteiger partial charge in [0.2, 0.25) is 0 Å². The molecule has 6 nitrogen and oxygen atoms in total. The van der Waals surface area contributed by atoms with E-state index in [0.29, 0.717) is 38.8 Å². The Morgan fingerprint density at radius 1 is 0.622 bits per heavy atom. The van der Waals surface area contributed by atoms with Crippen LogP contribution < -0.4 is 10.6 Å². The number of ketones is 1. The van der Waals surface area contributed by atoms with Crippen LogP contribution in [-0.4, -0.2) is 22.7 Å². The first kappa shape index (κ1) is 22.2. The van der Waals surface area contributed by atoms with Crippen LogP contribution in [-0.2, 0) is 0 Å². The van der Waals surface area contributed by atoms with Gasteiger partial charge in [-0.1, -0.05) is 60.7 Å². The fraction of sp³-hybridized carbons (Fsp3) is 0. The monoisotopic (exact) mass is 484 g/mol. The molecule has 0 heterocycles. The van der Waals surface area contributed by atoms with Crippen LogP contribution in [0.4, 0.5) is 11.4 Å². The van der Waals surface area contributed by atoms with Gasteiger partial charge < -0.3 is 15.7 Å². The smallest absolute Gasteiger partial charge is 0.259 e. The second-order valence-electron chi connectivity index (χ2n) is 8.81. The summed E-state index contributed by atoms with van der Waals surface area (Å²) in [6.07, 6.45) is 0. The second-order valence-corrected chi connectivity index (χ2v) is 8.81. The van der Waals surface area contributed by atoms with Crippen LogP contribution >= 0.6 is 0 Å². The Balaban J connectivity index is 1.30. The largest absolute Gasteiger partial charge is 0.507 e. The third-order valence-corrected chi connectivity index (χ3v) is 6.49. The van der Waals surface area contributed by atoms with Crippen LogP contribution in [0.1, 0.15) is 36.6 Å². The van der Waals surface area contributed by atoms with Gasteiger partial charge in [-0.2, -0.15) is 0 Å². The van der Waals surface area contributed by atoms with E-state index in [4.69, 9.17) is 0 Å². The van der Waals surface area contributed by atoms with Crippen LogP contribution in [0.15, 0.2) is 103 Å². The maximum Gasteiger partial charge on any atom is 0.259 e. The molecule has 37 heavy (non-hydrogen) atoms. The lowest BCUT2D eigenvalue weighted by Gasteiger charge is -2.11. The van der Waals surface area contributed by atoms with Gasteiger partial charge >= 0.3 is 0 Å². The van der Waals surface area contributed by atoms with Crippen molar-refractivity contribution in [2.75, 3.05) is 10.6 Å². The number of phenolic OH excluding ortho intramolecular Hbond substituents is 1. The van der Waals surface area contributed by atoms with Gasteiger partial charge in [-0.15, -0.1) is 0 Å². The standard InChI is InChI=1S/C31H20N2O4/c34-27-17-18-13-14-19(15-20(18)16-25(27)31(37)32-21-7-2-1-3-8-21)30(36)33-26-12-6-11-23-22-9-4-5-10-24(22)29(35)28(23)26/h1-17,34H,(H,32,37)(H,33,36). The highest BCUT2D eigenvalue weighted by Crippen LogP contribution is 2.40. The maximum atomic E-state index is 13.2. The topological polar surface area (TPSA) is 95.5 Å². The Morgan fingerprint density at radius 2 is 1.35 bits per heavy atom. The second kappa shape index (κ2) is 8.77. The zero-order valence-electron chi connectivity index (χ0n) is 19.5. The van der Waals surface area contributed by atoms with Crippen molar-refractivity contribution in [3.8, 4) is 16.9 Å². The molecule has 0 unspecified atom stereocenters.